The third kappa shape index (κ3) is 1.20. The molecule has 1 aromatic heterocycles. The summed E-state index contributed by atoms with van der Waals surface area (Å²) >= 11 is 0. The van der Waals surface area contributed by atoms with Crippen LogP contribution < -0.4 is 5.73 Å². The molecule has 13 heavy (non-hydrogen) atoms. The van der Waals surface area contributed by atoms with Crippen LogP contribution in [0.5, 0.6) is 0 Å². The van der Waals surface area contributed by atoms with E-state index < -0.39 is 0 Å². The standard InChI is InChI=1S/C9H8FN3/c1-5-6-3-2-4-7(10)8(6)13-9(11)12-5/h2-4H,1H3,(H2,11,12,13). The Balaban J connectivity index is 2.94. The summed E-state index contributed by atoms with van der Waals surface area (Å²) in [7, 11) is 0. The van der Waals surface area contributed by atoms with Crippen LogP contribution in [0.25, 0.3) is 10.9 Å². The SMILES string of the molecule is Cc1nc(N)nc2c(F)cccc12. The van der Waals surface area contributed by atoms with Gasteiger partial charge in [-0.15, -0.1) is 0 Å². The topological polar surface area (TPSA) is 51.8 Å². The summed E-state index contributed by atoms with van der Waals surface area (Å²) in [6.07, 6.45) is 0. The minimum atomic E-state index is -0.366. The number of anilines is 1. The Hall–Kier alpha value is -1.71. The monoisotopic (exact) mass is 177 g/mol. The van der Waals surface area contributed by atoms with Gasteiger partial charge < -0.3 is 5.73 Å². The van der Waals surface area contributed by atoms with E-state index in [2.05, 4.69) is 9.97 Å². The van der Waals surface area contributed by atoms with Gasteiger partial charge in [-0.05, 0) is 13.0 Å². The number of nitrogen functional groups attached to an aromatic ring is 1. The molecular weight excluding hydrogens is 169 g/mol. The van der Waals surface area contributed by atoms with Crippen molar-refractivity contribution in [2.24, 2.45) is 0 Å². The van der Waals surface area contributed by atoms with E-state index in [0.29, 0.717) is 11.1 Å². The van der Waals surface area contributed by atoms with Gasteiger partial charge in [0.1, 0.15) is 11.3 Å². The van der Waals surface area contributed by atoms with Crippen LogP contribution in [0.15, 0.2) is 18.2 Å². The van der Waals surface area contributed by atoms with Crippen molar-refractivity contribution < 1.29 is 4.39 Å². The number of benzene rings is 1. The molecule has 0 aliphatic heterocycles. The molecule has 2 aromatic rings. The summed E-state index contributed by atoms with van der Waals surface area (Å²) in [4.78, 5) is 7.77. The van der Waals surface area contributed by atoms with Crippen LogP contribution in [0.4, 0.5) is 10.3 Å². The predicted molar refractivity (Wildman–Crippen MR) is 48.6 cm³/mol. The molecule has 0 amide bonds. The molecule has 0 saturated heterocycles. The molecule has 2 rings (SSSR count). The molecule has 1 heterocycles. The molecule has 0 radical (unpaired) electrons. The van der Waals surface area contributed by atoms with Gasteiger partial charge in [-0.25, -0.2) is 14.4 Å². The Bertz CT molecular complexity index is 468. The first-order valence-corrected chi connectivity index (χ1v) is 3.87. The zero-order chi connectivity index (χ0) is 9.42. The van der Waals surface area contributed by atoms with Crippen LogP contribution in [0.2, 0.25) is 0 Å². The normalized spacial score (nSPS) is 10.6. The number of aromatic nitrogens is 2. The largest absolute Gasteiger partial charge is 0.368 e. The van der Waals surface area contributed by atoms with E-state index >= 15 is 0 Å². The van der Waals surface area contributed by atoms with Gasteiger partial charge in [-0.1, -0.05) is 12.1 Å². The Morgan fingerprint density at radius 1 is 1.31 bits per heavy atom. The lowest BCUT2D eigenvalue weighted by Gasteiger charge is -2.02. The number of para-hydroxylation sites is 1. The van der Waals surface area contributed by atoms with E-state index in [4.69, 9.17) is 5.73 Å². The molecule has 2 N–H and O–H groups in total. The molecule has 0 aliphatic rings. The summed E-state index contributed by atoms with van der Waals surface area (Å²) in [5.41, 5.74) is 6.39. The van der Waals surface area contributed by atoms with E-state index in [9.17, 15) is 4.39 Å². The van der Waals surface area contributed by atoms with Gasteiger partial charge in [0.05, 0.1) is 5.69 Å². The van der Waals surface area contributed by atoms with Crippen LogP contribution in [0.3, 0.4) is 0 Å². The van der Waals surface area contributed by atoms with E-state index in [1.54, 1.807) is 19.1 Å². The van der Waals surface area contributed by atoms with Crippen LogP contribution in [-0.2, 0) is 0 Å². The highest BCUT2D eigenvalue weighted by Gasteiger charge is 2.05. The molecule has 66 valence electrons. The van der Waals surface area contributed by atoms with Gasteiger partial charge >= 0.3 is 0 Å². The maximum atomic E-state index is 13.2. The first kappa shape index (κ1) is 7.91. The number of hydrogen-bond acceptors (Lipinski definition) is 3. The molecule has 0 saturated carbocycles. The Kier molecular flexibility index (Phi) is 1.62. The quantitative estimate of drug-likeness (QED) is 0.665. The zero-order valence-corrected chi connectivity index (χ0v) is 7.08. The smallest absolute Gasteiger partial charge is 0.220 e. The van der Waals surface area contributed by atoms with Crippen molar-refractivity contribution >= 4 is 16.9 Å². The van der Waals surface area contributed by atoms with E-state index in [-0.39, 0.29) is 17.3 Å². The van der Waals surface area contributed by atoms with Crippen molar-refractivity contribution in [2.75, 3.05) is 5.73 Å². The van der Waals surface area contributed by atoms with Crippen molar-refractivity contribution in [1.82, 2.24) is 9.97 Å². The van der Waals surface area contributed by atoms with Crippen molar-refractivity contribution in [3.05, 3.63) is 29.7 Å². The summed E-state index contributed by atoms with van der Waals surface area (Å²) in [5, 5.41) is 0.703. The number of nitrogens with zero attached hydrogens (tertiary/aromatic N) is 2. The highest BCUT2D eigenvalue weighted by molar-refractivity contribution is 5.82. The summed E-state index contributed by atoms with van der Waals surface area (Å²) in [6.45, 7) is 1.78. The van der Waals surface area contributed by atoms with Crippen molar-refractivity contribution in [1.29, 1.82) is 0 Å². The van der Waals surface area contributed by atoms with Gasteiger partial charge in [-0.2, -0.15) is 0 Å². The highest BCUT2D eigenvalue weighted by Crippen LogP contribution is 2.18. The van der Waals surface area contributed by atoms with Crippen molar-refractivity contribution in [2.45, 2.75) is 6.92 Å². The summed E-state index contributed by atoms with van der Waals surface area (Å²) in [5.74, 6) is -0.259. The minimum Gasteiger partial charge on any atom is -0.368 e. The second-order valence-corrected chi connectivity index (χ2v) is 2.80. The maximum absolute atomic E-state index is 13.2. The van der Waals surface area contributed by atoms with Gasteiger partial charge in [0.15, 0.2) is 0 Å². The van der Waals surface area contributed by atoms with Crippen LogP contribution in [0.1, 0.15) is 5.69 Å². The van der Waals surface area contributed by atoms with Gasteiger partial charge in [0.2, 0.25) is 5.95 Å². The third-order valence-corrected chi connectivity index (χ3v) is 1.89. The molecular formula is C9H8FN3. The molecule has 0 spiro atoms. The molecule has 0 bridgehead atoms. The molecule has 0 atom stereocenters. The lowest BCUT2D eigenvalue weighted by atomic mass is 10.2. The van der Waals surface area contributed by atoms with E-state index in [1.165, 1.54) is 6.07 Å². The zero-order valence-electron chi connectivity index (χ0n) is 7.08. The average molecular weight is 177 g/mol. The fourth-order valence-corrected chi connectivity index (χ4v) is 1.29. The average Bonchev–Trinajstić information content (AvgIpc) is 2.07. The molecule has 1 aromatic carbocycles. The summed E-state index contributed by atoms with van der Waals surface area (Å²) in [6, 6.07) is 4.76. The first-order chi connectivity index (χ1) is 6.18. The number of aryl methyl sites for hydroxylation is 1. The number of rotatable bonds is 0. The lowest BCUT2D eigenvalue weighted by molar-refractivity contribution is 0.636. The fourth-order valence-electron chi connectivity index (χ4n) is 1.29. The van der Waals surface area contributed by atoms with Crippen molar-refractivity contribution in [3.63, 3.8) is 0 Å². The van der Waals surface area contributed by atoms with E-state index in [0.717, 1.165) is 0 Å². The molecule has 4 heteroatoms. The molecule has 3 nitrogen and oxygen atoms in total. The molecule has 0 unspecified atom stereocenters. The first-order valence-electron chi connectivity index (χ1n) is 3.87. The number of hydrogen-bond donors (Lipinski definition) is 1. The predicted octanol–water partition coefficient (Wildman–Crippen LogP) is 1.66. The van der Waals surface area contributed by atoms with Crippen molar-refractivity contribution in [3.8, 4) is 0 Å². The van der Waals surface area contributed by atoms with Gasteiger partial charge in [0.25, 0.3) is 0 Å². The Morgan fingerprint density at radius 2 is 2.08 bits per heavy atom. The fraction of sp³-hybridized carbons (Fsp3) is 0.111. The number of halogens is 1. The number of nitrogens with two attached hydrogens (primary N) is 1. The number of fused-ring (bicyclic) bond motifs is 1. The highest BCUT2D eigenvalue weighted by atomic mass is 19.1. The molecule has 0 fully saturated rings. The van der Waals surface area contributed by atoms with Crippen LogP contribution >= 0.6 is 0 Å². The minimum absolute atomic E-state index is 0.107. The van der Waals surface area contributed by atoms with Gasteiger partial charge in [-0.3, -0.25) is 0 Å². The van der Waals surface area contributed by atoms with Crippen LogP contribution in [-0.4, -0.2) is 9.97 Å². The third-order valence-electron chi connectivity index (χ3n) is 1.89. The summed E-state index contributed by atoms with van der Waals surface area (Å²) < 4.78 is 13.2. The second kappa shape index (κ2) is 2.65. The maximum Gasteiger partial charge on any atom is 0.220 e. The Morgan fingerprint density at radius 3 is 2.85 bits per heavy atom. The van der Waals surface area contributed by atoms with Gasteiger partial charge in [0, 0.05) is 5.39 Å². The van der Waals surface area contributed by atoms with Crippen LogP contribution in [0, 0.1) is 12.7 Å². The Labute approximate surface area is 74.4 Å². The lowest BCUT2D eigenvalue weighted by Crippen LogP contribution is -1.98. The molecule has 0 aliphatic carbocycles. The second-order valence-electron chi connectivity index (χ2n) is 2.80. The van der Waals surface area contributed by atoms with E-state index in [1.807, 2.05) is 0 Å².